The molecule has 1 aliphatic rings. The molecule has 5 rings (SSSR count). The van der Waals surface area contributed by atoms with E-state index in [2.05, 4.69) is 15.0 Å². The molecule has 0 radical (unpaired) electrons. The maximum Gasteiger partial charge on any atom is 0.336 e. The number of carboxylic acid groups (broad SMARTS) is 1. The molecule has 37 heavy (non-hydrogen) atoms. The van der Waals surface area contributed by atoms with Crippen LogP contribution in [0.2, 0.25) is 0 Å². The van der Waals surface area contributed by atoms with Gasteiger partial charge in [0.05, 0.1) is 23.7 Å². The van der Waals surface area contributed by atoms with Crippen LogP contribution in [0.5, 0.6) is 5.75 Å². The van der Waals surface area contributed by atoms with Crippen LogP contribution in [-0.2, 0) is 4.74 Å². The Bertz CT molecular complexity index is 1510. The molecule has 2 aromatic heterocycles. The van der Waals surface area contributed by atoms with Gasteiger partial charge in [-0.15, -0.1) is 0 Å². The van der Waals surface area contributed by atoms with Crippen molar-refractivity contribution < 1.29 is 24.2 Å². The van der Waals surface area contributed by atoms with Crippen molar-refractivity contribution in [3.05, 3.63) is 77.9 Å². The molecule has 2 atom stereocenters. The maximum atomic E-state index is 12.6. The Balaban J connectivity index is 1.23. The lowest BCUT2D eigenvalue weighted by Crippen LogP contribution is -2.19. The van der Waals surface area contributed by atoms with Crippen LogP contribution in [-0.4, -0.2) is 49.1 Å². The number of carbonyl (C=O) groups excluding carboxylic acids is 1. The number of rotatable bonds is 8. The normalized spacial score (nSPS) is 17.4. The van der Waals surface area contributed by atoms with Gasteiger partial charge in [-0.2, -0.15) is 0 Å². The molecule has 188 valence electrons. The average Bonchev–Trinajstić information content (AvgIpc) is 3.55. The van der Waals surface area contributed by atoms with Crippen LogP contribution in [0, 0.1) is 0 Å². The van der Waals surface area contributed by atoms with Gasteiger partial charge in [-0.1, -0.05) is 30.3 Å². The summed E-state index contributed by atoms with van der Waals surface area (Å²) in [4.78, 5) is 36.5. The number of hydrogen-bond donors (Lipinski definition) is 3. The first-order chi connectivity index (χ1) is 17.9. The lowest BCUT2D eigenvalue weighted by Gasteiger charge is -2.16. The van der Waals surface area contributed by atoms with E-state index in [0.717, 1.165) is 12.8 Å². The minimum Gasteiger partial charge on any atom is -0.489 e. The van der Waals surface area contributed by atoms with Gasteiger partial charge in [0, 0.05) is 5.56 Å². The van der Waals surface area contributed by atoms with Crippen LogP contribution in [0.1, 0.15) is 45.3 Å². The van der Waals surface area contributed by atoms with E-state index in [-0.39, 0.29) is 30.1 Å². The molecular weight excluding hydrogens is 476 g/mol. The number of allylic oxidation sites excluding steroid dienone is 1. The zero-order valence-electron chi connectivity index (χ0n) is 19.7. The smallest absolute Gasteiger partial charge is 0.336 e. The fraction of sp³-hybridized carbons (Fsp3) is 0.192. The number of benzene rings is 2. The minimum absolute atomic E-state index is 0.0482. The topological polar surface area (TPSA) is 168 Å². The highest BCUT2D eigenvalue weighted by Gasteiger charge is 2.29. The van der Waals surface area contributed by atoms with Crippen molar-refractivity contribution in [2.45, 2.75) is 25.2 Å². The standard InChI is InChI=1S/C26H24N6O5/c27-19-8-5-15(6-9-20(33)17-3-1-2-4-18(17)26(34)35)11-21(19)36-12-16-7-10-22(37-16)32-14-31-23-24(28)29-13-30-25(23)32/h1-6,8-9,11,13-14,16,22H,7,10,12,27H2,(H,34,35)(H2,28,29,30)/b9-6+. The molecule has 0 saturated carbocycles. The summed E-state index contributed by atoms with van der Waals surface area (Å²) in [6, 6.07) is 11.2. The van der Waals surface area contributed by atoms with Gasteiger partial charge in [0.15, 0.2) is 17.2 Å². The molecule has 0 spiro atoms. The summed E-state index contributed by atoms with van der Waals surface area (Å²) in [5.74, 6) is -0.794. The first kappa shape index (κ1) is 23.9. The second-order valence-corrected chi connectivity index (χ2v) is 8.53. The van der Waals surface area contributed by atoms with Crippen LogP contribution < -0.4 is 16.2 Å². The van der Waals surface area contributed by atoms with E-state index in [9.17, 15) is 14.7 Å². The van der Waals surface area contributed by atoms with Gasteiger partial charge in [-0.3, -0.25) is 9.36 Å². The van der Waals surface area contributed by atoms with E-state index in [4.69, 9.17) is 20.9 Å². The lowest BCUT2D eigenvalue weighted by atomic mass is 10.0. The van der Waals surface area contributed by atoms with Crippen molar-refractivity contribution >= 4 is 40.5 Å². The number of nitrogens with zero attached hydrogens (tertiary/aromatic N) is 4. The van der Waals surface area contributed by atoms with Gasteiger partial charge >= 0.3 is 5.97 Å². The summed E-state index contributed by atoms with van der Waals surface area (Å²) in [6.45, 7) is 0.280. The van der Waals surface area contributed by atoms with Crippen LogP contribution in [0.25, 0.3) is 17.2 Å². The highest BCUT2D eigenvalue weighted by Crippen LogP contribution is 2.32. The number of nitrogen functional groups attached to an aromatic ring is 2. The van der Waals surface area contributed by atoms with Gasteiger partial charge in [0.1, 0.15) is 30.4 Å². The molecule has 1 aliphatic heterocycles. The van der Waals surface area contributed by atoms with E-state index in [1.54, 1.807) is 42.7 Å². The predicted octanol–water partition coefficient (Wildman–Crippen LogP) is 3.34. The molecule has 4 aromatic rings. The molecule has 1 fully saturated rings. The fourth-order valence-electron chi connectivity index (χ4n) is 4.20. The van der Waals surface area contributed by atoms with E-state index in [1.165, 1.54) is 24.5 Å². The Kier molecular flexibility index (Phi) is 6.52. The zero-order valence-corrected chi connectivity index (χ0v) is 19.7. The molecular formula is C26H24N6O5. The summed E-state index contributed by atoms with van der Waals surface area (Å²) in [5, 5.41) is 9.31. The monoisotopic (exact) mass is 500 g/mol. The largest absolute Gasteiger partial charge is 0.489 e. The Morgan fingerprint density at radius 2 is 1.92 bits per heavy atom. The van der Waals surface area contributed by atoms with Gasteiger partial charge < -0.3 is 26.0 Å². The number of carboxylic acids is 1. The predicted molar refractivity (Wildman–Crippen MR) is 136 cm³/mol. The summed E-state index contributed by atoms with van der Waals surface area (Å²) >= 11 is 0. The second-order valence-electron chi connectivity index (χ2n) is 8.53. The van der Waals surface area contributed by atoms with Crippen molar-refractivity contribution in [3.63, 3.8) is 0 Å². The van der Waals surface area contributed by atoms with Gasteiger partial charge in [-0.05, 0) is 42.7 Å². The van der Waals surface area contributed by atoms with Gasteiger partial charge in [-0.25, -0.2) is 19.7 Å². The SMILES string of the molecule is Nc1ccc(/C=C/C(=O)c2ccccc2C(=O)O)cc1OCC1CCC(n2cnc3c(N)ncnc32)O1. The van der Waals surface area contributed by atoms with Crippen molar-refractivity contribution in [1.29, 1.82) is 0 Å². The Hall–Kier alpha value is -4.77. The van der Waals surface area contributed by atoms with Crippen LogP contribution in [0.4, 0.5) is 11.5 Å². The van der Waals surface area contributed by atoms with E-state index < -0.39 is 11.8 Å². The third kappa shape index (κ3) is 4.98. The number of fused-ring (bicyclic) bond motifs is 1. The number of ether oxygens (including phenoxy) is 2. The van der Waals surface area contributed by atoms with Gasteiger partial charge in [0.25, 0.3) is 0 Å². The highest BCUT2D eigenvalue weighted by atomic mass is 16.6. The first-order valence-corrected chi connectivity index (χ1v) is 11.6. The number of carbonyl (C=O) groups is 2. The van der Waals surface area contributed by atoms with Crippen LogP contribution in [0.3, 0.4) is 0 Å². The molecule has 11 nitrogen and oxygen atoms in total. The molecule has 5 N–H and O–H groups in total. The highest BCUT2D eigenvalue weighted by molar-refractivity contribution is 6.12. The molecule has 0 aliphatic carbocycles. The van der Waals surface area contributed by atoms with Crippen molar-refractivity contribution in [1.82, 2.24) is 19.5 Å². The summed E-state index contributed by atoms with van der Waals surface area (Å²) in [5.41, 5.74) is 14.3. The lowest BCUT2D eigenvalue weighted by molar-refractivity contribution is -0.0157. The number of hydrogen-bond acceptors (Lipinski definition) is 9. The van der Waals surface area contributed by atoms with E-state index in [1.807, 2.05) is 4.57 Å². The van der Waals surface area contributed by atoms with Crippen molar-refractivity contribution in [2.24, 2.45) is 0 Å². The number of ketones is 1. The van der Waals surface area contributed by atoms with E-state index >= 15 is 0 Å². The molecule has 11 heteroatoms. The van der Waals surface area contributed by atoms with Crippen molar-refractivity contribution in [2.75, 3.05) is 18.1 Å². The average molecular weight is 501 g/mol. The Morgan fingerprint density at radius 3 is 2.73 bits per heavy atom. The molecule has 2 unspecified atom stereocenters. The maximum absolute atomic E-state index is 12.6. The van der Waals surface area contributed by atoms with Crippen LogP contribution in [0.15, 0.2) is 61.2 Å². The van der Waals surface area contributed by atoms with Crippen molar-refractivity contribution in [3.8, 4) is 5.75 Å². The third-order valence-corrected chi connectivity index (χ3v) is 6.09. The molecule has 1 saturated heterocycles. The molecule has 0 amide bonds. The summed E-state index contributed by atoms with van der Waals surface area (Å²) in [7, 11) is 0. The number of aromatic carboxylic acids is 1. The Labute approximate surface area is 211 Å². The summed E-state index contributed by atoms with van der Waals surface area (Å²) < 4.78 is 14.0. The Morgan fingerprint density at radius 1 is 1.11 bits per heavy atom. The number of anilines is 2. The van der Waals surface area contributed by atoms with Crippen LogP contribution >= 0.6 is 0 Å². The van der Waals surface area contributed by atoms with E-state index in [0.29, 0.717) is 34.0 Å². The molecule has 2 aromatic carbocycles. The third-order valence-electron chi connectivity index (χ3n) is 6.09. The fourth-order valence-corrected chi connectivity index (χ4v) is 4.20. The molecule has 0 bridgehead atoms. The zero-order chi connectivity index (χ0) is 25.9. The van der Waals surface area contributed by atoms with Gasteiger partial charge in [0.2, 0.25) is 0 Å². The first-order valence-electron chi connectivity index (χ1n) is 11.6. The number of imidazole rings is 1. The second kappa shape index (κ2) is 10.1. The molecule has 3 heterocycles. The minimum atomic E-state index is -1.16. The quantitative estimate of drug-likeness (QED) is 0.185. The summed E-state index contributed by atoms with van der Waals surface area (Å²) in [6.07, 6.45) is 7.06. The number of nitrogens with two attached hydrogens (primary N) is 2. The number of aromatic nitrogens is 4.